The van der Waals surface area contributed by atoms with Gasteiger partial charge in [0.2, 0.25) is 5.91 Å². The quantitative estimate of drug-likeness (QED) is 0.807. The van der Waals surface area contributed by atoms with Gasteiger partial charge in [-0.05, 0) is 46.0 Å². The molecule has 0 spiro atoms. The molecule has 3 nitrogen and oxygen atoms in total. The monoisotopic (exact) mass is 270 g/mol. The lowest BCUT2D eigenvalue weighted by molar-refractivity contribution is -0.124. The minimum atomic E-state index is -0.440. The molecule has 2 aliphatic carbocycles. The van der Waals surface area contributed by atoms with Crippen LogP contribution >= 0.6 is 11.8 Å². The molecule has 4 heteroatoms. The van der Waals surface area contributed by atoms with Crippen molar-refractivity contribution in [1.82, 2.24) is 5.32 Å². The average Bonchev–Trinajstić information content (AvgIpc) is 2.89. The molecule has 2 rings (SSSR count). The van der Waals surface area contributed by atoms with Crippen molar-refractivity contribution in [3.05, 3.63) is 0 Å². The largest absolute Gasteiger partial charge is 0.368 e. The second-order valence-electron chi connectivity index (χ2n) is 6.15. The maximum absolute atomic E-state index is 11.8. The Labute approximate surface area is 115 Å². The van der Waals surface area contributed by atoms with E-state index in [0.717, 1.165) is 24.5 Å². The van der Waals surface area contributed by atoms with Crippen LogP contribution in [0.25, 0.3) is 0 Å². The number of nitrogens with one attached hydrogen (secondary N) is 1. The van der Waals surface area contributed by atoms with Crippen LogP contribution in [0.1, 0.15) is 58.8 Å². The molecule has 0 bridgehead atoms. The molecule has 0 heterocycles. The van der Waals surface area contributed by atoms with E-state index < -0.39 is 5.54 Å². The van der Waals surface area contributed by atoms with Crippen LogP contribution in [0.3, 0.4) is 0 Å². The van der Waals surface area contributed by atoms with Crippen LogP contribution in [0.15, 0.2) is 0 Å². The van der Waals surface area contributed by atoms with Gasteiger partial charge in [0.05, 0.1) is 5.54 Å². The summed E-state index contributed by atoms with van der Waals surface area (Å²) in [7, 11) is 0. The number of primary amides is 1. The maximum Gasteiger partial charge on any atom is 0.237 e. The van der Waals surface area contributed by atoms with Crippen LogP contribution < -0.4 is 11.1 Å². The predicted molar refractivity (Wildman–Crippen MR) is 77.7 cm³/mol. The predicted octanol–water partition coefficient (Wildman–Crippen LogP) is 2.44. The Hall–Kier alpha value is -0.220. The highest BCUT2D eigenvalue weighted by Gasteiger charge is 2.44. The van der Waals surface area contributed by atoms with Crippen LogP contribution in [0.5, 0.6) is 0 Å². The van der Waals surface area contributed by atoms with Crippen molar-refractivity contribution in [3.63, 3.8) is 0 Å². The Morgan fingerprint density at radius 3 is 2.50 bits per heavy atom. The average molecular weight is 270 g/mol. The topological polar surface area (TPSA) is 55.1 Å². The first-order valence-electron chi connectivity index (χ1n) is 7.25. The first-order valence-corrected chi connectivity index (χ1v) is 8.19. The number of hydrogen-bond acceptors (Lipinski definition) is 3. The summed E-state index contributed by atoms with van der Waals surface area (Å²) in [5.74, 6) is -0.161. The molecule has 3 N–H and O–H groups in total. The molecule has 0 radical (unpaired) electrons. The van der Waals surface area contributed by atoms with Crippen molar-refractivity contribution in [2.75, 3.05) is 0 Å². The Balaban J connectivity index is 1.92. The molecule has 2 saturated carbocycles. The fourth-order valence-corrected chi connectivity index (χ4v) is 5.18. The van der Waals surface area contributed by atoms with Gasteiger partial charge in [0, 0.05) is 16.5 Å². The molecule has 2 aliphatic rings. The van der Waals surface area contributed by atoms with Gasteiger partial charge in [0.1, 0.15) is 0 Å². The molecule has 0 aromatic carbocycles. The SMILES string of the molecule is CC(C)NC1(C(N)=O)CCC(SC2CCCC2)C1. The highest BCUT2D eigenvalue weighted by atomic mass is 32.2. The summed E-state index contributed by atoms with van der Waals surface area (Å²) in [4.78, 5) is 11.8. The fourth-order valence-electron chi connectivity index (χ4n) is 3.39. The van der Waals surface area contributed by atoms with Gasteiger partial charge in [-0.25, -0.2) is 0 Å². The van der Waals surface area contributed by atoms with Gasteiger partial charge in [-0.15, -0.1) is 0 Å². The Morgan fingerprint density at radius 2 is 1.94 bits per heavy atom. The standard InChI is InChI=1S/C14H26N2OS/c1-10(2)16-14(13(15)17)8-7-12(9-14)18-11-5-3-4-6-11/h10-12,16H,3-9H2,1-2H3,(H2,15,17). The van der Waals surface area contributed by atoms with E-state index >= 15 is 0 Å². The number of carbonyl (C=O) groups excluding carboxylic acids is 1. The molecular weight excluding hydrogens is 244 g/mol. The Morgan fingerprint density at radius 1 is 1.28 bits per heavy atom. The van der Waals surface area contributed by atoms with E-state index in [1.165, 1.54) is 25.7 Å². The molecule has 0 aromatic heterocycles. The van der Waals surface area contributed by atoms with Gasteiger partial charge in [0.25, 0.3) is 0 Å². The van der Waals surface area contributed by atoms with Gasteiger partial charge in [-0.3, -0.25) is 4.79 Å². The summed E-state index contributed by atoms with van der Waals surface area (Å²) in [5, 5.41) is 4.87. The van der Waals surface area contributed by atoms with Crippen LogP contribution in [0.4, 0.5) is 0 Å². The molecular formula is C14H26N2OS. The second kappa shape index (κ2) is 5.83. The maximum atomic E-state index is 11.8. The van der Waals surface area contributed by atoms with E-state index in [2.05, 4.69) is 30.9 Å². The first-order chi connectivity index (χ1) is 8.52. The molecule has 0 aliphatic heterocycles. The van der Waals surface area contributed by atoms with Gasteiger partial charge < -0.3 is 11.1 Å². The lowest BCUT2D eigenvalue weighted by Crippen LogP contribution is -2.56. The second-order valence-corrected chi connectivity index (χ2v) is 7.76. The van der Waals surface area contributed by atoms with E-state index in [1.807, 2.05) is 0 Å². The highest BCUT2D eigenvalue weighted by molar-refractivity contribution is 8.00. The number of nitrogens with two attached hydrogens (primary N) is 1. The van der Waals surface area contributed by atoms with Crippen molar-refractivity contribution in [2.24, 2.45) is 5.73 Å². The van der Waals surface area contributed by atoms with E-state index in [9.17, 15) is 4.79 Å². The number of rotatable bonds is 5. The Bertz CT molecular complexity index is 302. The zero-order valence-electron chi connectivity index (χ0n) is 11.6. The lowest BCUT2D eigenvalue weighted by Gasteiger charge is -2.29. The molecule has 2 unspecified atom stereocenters. The van der Waals surface area contributed by atoms with Crippen molar-refractivity contribution in [2.45, 2.75) is 80.9 Å². The van der Waals surface area contributed by atoms with Gasteiger partial charge in [-0.1, -0.05) is 12.8 Å². The summed E-state index contributed by atoms with van der Waals surface area (Å²) < 4.78 is 0. The smallest absolute Gasteiger partial charge is 0.237 e. The van der Waals surface area contributed by atoms with Gasteiger partial charge >= 0.3 is 0 Å². The number of amides is 1. The summed E-state index contributed by atoms with van der Waals surface area (Å²) >= 11 is 2.11. The van der Waals surface area contributed by atoms with Crippen molar-refractivity contribution in [1.29, 1.82) is 0 Å². The zero-order chi connectivity index (χ0) is 13.2. The fraction of sp³-hybridized carbons (Fsp3) is 0.929. The summed E-state index contributed by atoms with van der Waals surface area (Å²) in [6, 6.07) is 0.313. The van der Waals surface area contributed by atoms with Crippen molar-refractivity contribution in [3.8, 4) is 0 Å². The van der Waals surface area contributed by atoms with Gasteiger partial charge in [-0.2, -0.15) is 11.8 Å². The van der Waals surface area contributed by atoms with Crippen LogP contribution in [-0.2, 0) is 4.79 Å². The number of hydrogen-bond donors (Lipinski definition) is 2. The third-order valence-electron chi connectivity index (χ3n) is 4.19. The summed E-state index contributed by atoms with van der Waals surface area (Å²) in [5.41, 5.74) is 5.20. The Kier molecular flexibility index (Phi) is 4.59. The highest BCUT2D eigenvalue weighted by Crippen LogP contribution is 2.42. The van der Waals surface area contributed by atoms with Crippen molar-refractivity contribution < 1.29 is 4.79 Å². The molecule has 1 amide bonds. The summed E-state index contributed by atoms with van der Waals surface area (Å²) in [6.45, 7) is 4.17. The molecule has 2 atom stereocenters. The van der Waals surface area contributed by atoms with Crippen LogP contribution in [-0.4, -0.2) is 28.0 Å². The molecule has 0 saturated heterocycles. The minimum Gasteiger partial charge on any atom is -0.368 e. The van der Waals surface area contributed by atoms with Gasteiger partial charge in [0.15, 0.2) is 0 Å². The molecule has 104 valence electrons. The van der Waals surface area contributed by atoms with E-state index in [0.29, 0.717) is 11.3 Å². The molecule has 18 heavy (non-hydrogen) atoms. The summed E-state index contributed by atoms with van der Waals surface area (Å²) in [6.07, 6.45) is 8.45. The minimum absolute atomic E-state index is 0.161. The van der Waals surface area contributed by atoms with E-state index in [-0.39, 0.29) is 5.91 Å². The molecule has 0 aromatic rings. The van der Waals surface area contributed by atoms with Crippen molar-refractivity contribution >= 4 is 17.7 Å². The van der Waals surface area contributed by atoms with E-state index in [4.69, 9.17) is 5.73 Å². The zero-order valence-corrected chi connectivity index (χ0v) is 12.4. The normalized spacial score (nSPS) is 33.4. The van der Waals surface area contributed by atoms with Crippen LogP contribution in [0.2, 0.25) is 0 Å². The number of thioether (sulfide) groups is 1. The third kappa shape index (κ3) is 3.21. The number of carbonyl (C=O) groups is 1. The van der Waals surface area contributed by atoms with Crippen LogP contribution in [0, 0.1) is 0 Å². The lowest BCUT2D eigenvalue weighted by atomic mass is 9.96. The first kappa shape index (κ1) is 14.2. The third-order valence-corrected chi connectivity index (χ3v) is 5.84. The van der Waals surface area contributed by atoms with E-state index in [1.54, 1.807) is 0 Å². The molecule has 2 fully saturated rings.